The Morgan fingerprint density at radius 1 is 1.12 bits per heavy atom. The van der Waals surface area contributed by atoms with E-state index < -0.39 is 0 Å². The van der Waals surface area contributed by atoms with Crippen LogP contribution in [-0.2, 0) is 0 Å². The number of carbonyl (C=O) groups is 1. The Morgan fingerprint density at radius 3 is 2.80 bits per heavy atom. The zero-order valence-corrected chi connectivity index (χ0v) is 13.9. The lowest BCUT2D eigenvalue weighted by Crippen LogP contribution is -2.26. The number of benzene rings is 2. The fourth-order valence-corrected chi connectivity index (χ4v) is 2.53. The number of rotatable bonds is 4. The molecule has 0 atom stereocenters. The van der Waals surface area contributed by atoms with Crippen LogP contribution in [0.3, 0.4) is 0 Å². The number of fused-ring (bicyclic) bond motifs is 1. The van der Waals surface area contributed by atoms with Gasteiger partial charge in [-0.1, -0.05) is 43.0 Å². The number of amides is 2. The number of carbonyl (C=O) groups excluding carboxylic acids is 1. The highest BCUT2D eigenvalue weighted by Crippen LogP contribution is 2.26. The van der Waals surface area contributed by atoms with Crippen molar-refractivity contribution >= 4 is 22.6 Å². The van der Waals surface area contributed by atoms with Crippen molar-refractivity contribution in [2.24, 2.45) is 0 Å². The minimum absolute atomic E-state index is 0.340. The zero-order valence-electron chi connectivity index (χ0n) is 13.9. The van der Waals surface area contributed by atoms with Gasteiger partial charge in [-0.2, -0.15) is 0 Å². The van der Waals surface area contributed by atoms with E-state index in [9.17, 15) is 4.79 Å². The third-order valence-electron chi connectivity index (χ3n) is 3.58. The molecule has 0 spiro atoms. The van der Waals surface area contributed by atoms with Crippen LogP contribution in [0.25, 0.3) is 22.2 Å². The van der Waals surface area contributed by atoms with Crippen LogP contribution in [0.4, 0.5) is 10.5 Å². The van der Waals surface area contributed by atoms with Gasteiger partial charge in [-0.3, -0.25) is 0 Å². The van der Waals surface area contributed by atoms with Gasteiger partial charge in [-0.25, -0.2) is 14.8 Å². The number of anilines is 1. The second-order valence-electron chi connectivity index (χ2n) is 5.42. The molecule has 2 N–H and O–H groups in total. The van der Waals surface area contributed by atoms with Gasteiger partial charge in [0.2, 0.25) is 0 Å². The molecular formula is C20H18N4O. The summed E-state index contributed by atoms with van der Waals surface area (Å²) in [5, 5.41) is 6.43. The summed E-state index contributed by atoms with van der Waals surface area (Å²) in [5.41, 5.74) is 3.81. The van der Waals surface area contributed by atoms with Crippen molar-refractivity contribution in [1.29, 1.82) is 0 Å². The van der Waals surface area contributed by atoms with Gasteiger partial charge in [0.05, 0.1) is 11.2 Å². The maximum absolute atomic E-state index is 12.0. The first-order valence-electron chi connectivity index (χ1n) is 7.87. The summed E-state index contributed by atoms with van der Waals surface area (Å²) in [7, 11) is 0. The fraction of sp³-hybridized carbons (Fsp3) is 0.0500. The highest BCUT2D eigenvalue weighted by atomic mass is 16.2. The molecule has 1 heterocycles. The number of hydrogen-bond acceptors (Lipinski definition) is 3. The Morgan fingerprint density at radius 2 is 1.96 bits per heavy atom. The fourth-order valence-electron chi connectivity index (χ4n) is 2.53. The molecule has 3 rings (SSSR count). The van der Waals surface area contributed by atoms with Gasteiger partial charge in [0, 0.05) is 22.3 Å². The van der Waals surface area contributed by atoms with Crippen molar-refractivity contribution < 1.29 is 4.79 Å². The average molecular weight is 330 g/mol. The van der Waals surface area contributed by atoms with Crippen LogP contribution in [0.15, 0.2) is 79.3 Å². The van der Waals surface area contributed by atoms with Crippen LogP contribution in [0, 0.1) is 0 Å². The highest BCUT2D eigenvalue weighted by Gasteiger charge is 2.08. The van der Waals surface area contributed by atoms with Gasteiger partial charge in [-0.05, 0) is 31.2 Å². The van der Waals surface area contributed by atoms with Gasteiger partial charge in [-0.15, -0.1) is 0 Å². The second kappa shape index (κ2) is 7.40. The largest absolute Gasteiger partial charge is 0.323 e. The standard InChI is InChI=1S/C20H18N4O/c1-3-7-14(2)23-20(25)24-16-9-6-8-15(12-16)19-17-10-4-5-11-18(17)21-13-22-19/h3-13H,2H2,1H3,(H2,23,24,25). The number of hydrogen-bond donors (Lipinski definition) is 2. The van der Waals surface area contributed by atoms with Crippen molar-refractivity contribution in [3.63, 3.8) is 0 Å². The molecule has 0 aliphatic carbocycles. The molecule has 0 bridgehead atoms. The van der Waals surface area contributed by atoms with Crippen molar-refractivity contribution in [1.82, 2.24) is 15.3 Å². The third kappa shape index (κ3) is 3.90. The minimum Gasteiger partial charge on any atom is -0.308 e. The average Bonchev–Trinajstić information content (AvgIpc) is 2.61. The molecule has 5 nitrogen and oxygen atoms in total. The molecule has 1 aromatic heterocycles. The van der Waals surface area contributed by atoms with E-state index in [-0.39, 0.29) is 6.03 Å². The topological polar surface area (TPSA) is 66.9 Å². The maximum Gasteiger partial charge on any atom is 0.323 e. The maximum atomic E-state index is 12.0. The molecule has 0 unspecified atom stereocenters. The number of para-hydroxylation sites is 1. The second-order valence-corrected chi connectivity index (χ2v) is 5.42. The summed E-state index contributed by atoms with van der Waals surface area (Å²) in [4.78, 5) is 20.7. The molecule has 2 amide bonds. The Hall–Kier alpha value is -3.47. The van der Waals surface area contributed by atoms with Crippen LogP contribution in [0.1, 0.15) is 6.92 Å². The van der Waals surface area contributed by atoms with E-state index in [0.717, 1.165) is 22.2 Å². The quantitative estimate of drug-likeness (QED) is 0.692. The van der Waals surface area contributed by atoms with Crippen LogP contribution in [-0.4, -0.2) is 16.0 Å². The molecule has 0 saturated carbocycles. The van der Waals surface area contributed by atoms with E-state index in [0.29, 0.717) is 11.4 Å². The number of aromatic nitrogens is 2. The third-order valence-corrected chi connectivity index (χ3v) is 3.58. The predicted molar refractivity (Wildman–Crippen MR) is 101 cm³/mol. The normalized spacial score (nSPS) is 10.8. The first-order valence-corrected chi connectivity index (χ1v) is 7.87. The number of allylic oxidation sites excluding steroid dienone is 2. The predicted octanol–water partition coefficient (Wildman–Crippen LogP) is 4.51. The van der Waals surface area contributed by atoms with Gasteiger partial charge < -0.3 is 10.6 Å². The molecule has 2 aromatic carbocycles. The van der Waals surface area contributed by atoms with E-state index >= 15 is 0 Å². The smallest absolute Gasteiger partial charge is 0.308 e. The summed E-state index contributed by atoms with van der Waals surface area (Å²) >= 11 is 0. The Bertz CT molecular complexity index is 957. The Labute approximate surface area is 146 Å². The molecule has 0 fully saturated rings. The summed E-state index contributed by atoms with van der Waals surface area (Å²) in [6.45, 7) is 5.61. The summed E-state index contributed by atoms with van der Waals surface area (Å²) in [6.07, 6.45) is 5.08. The van der Waals surface area contributed by atoms with E-state index in [1.165, 1.54) is 0 Å². The van der Waals surface area contributed by atoms with Crippen molar-refractivity contribution in [3.05, 3.63) is 79.3 Å². The van der Waals surface area contributed by atoms with E-state index in [4.69, 9.17) is 0 Å². The molecule has 3 aromatic rings. The molecule has 124 valence electrons. The summed E-state index contributed by atoms with van der Waals surface area (Å²) in [5.74, 6) is 0. The molecule has 25 heavy (non-hydrogen) atoms. The monoisotopic (exact) mass is 330 g/mol. The molecule has 5 heteroatoms. The Balaban J connectivity index is 1.86. The summed E-state index contributed by atoms with van der Waals surface area (Å²) < 4.78 is 0. The zero-order chi connectivity index (χ0) is 17.6. The van der Waals surface area contributed by atoms with Crippen molar-refractivity contribution in [3.8, 4) is 11.3 Å². The van der Waals surface area contributed by atoms with Gasteiger partial charge in [0.1, 0.15) is 6.33 Å². The Kier molecular flexibility index (Phi) is 4.85. The van der Waals surface area contributed by atoms with Crippen LogP contribution in [0.2, 0.25) is 0 Å². The van der Waals surface area contributed by atoms with E-state index in [1.807, 2.05) is 61.5 Å². The van der Waals surface area contributed by atoms with Crippen molar-refractivity contribution in [2.45, 2.75) is 6.92 Å². The van der Waals surface area contributed by atoms with Crippen LogP contribution < -0.4 is 10.6 Å². The molecule has 0 aliphatic heterocycles. The molecule has 0 saturated heterocycles. The first-order chi connectivity index (χ1) is 12.2. The van der Waals surface area contributed by atoms with E-state index in [1.54, 1.807) is 12.4 Å². The van der Waals surface area contributed by atoms with Gasteiger partial charge in [0.25, 0.3) is 0 Å². The SMILES string of the molecule is C=C(C=CC)NC(=O)Nc1cccc(-c2ncnc3ccccc23)c1. The number of urea groups is 1. The lowest BCUT2D eigenvalue weighted by molar-refractivity contribution is 0.254. The number of nitrogens with zero attached hydrogens (tertiary/aromatic N) is 2. The molecular weight excluding hydrogens is 312 g/mol. The van der Waals surface area contributed by atoms with Gasteiger partial charge in [0.15, 0.2) is 0 Å². The number of nitrogens with one attached hydrogen (secondary N) is 2. The van der Waals surface area contributed by atoms with Crippen LogP contribution in [0.5, 0.6) is 0 Å². The molecule has 0 radical (unpaired) electrons. The lowest BCUT2D eigenvalue weighted by atomic mass is 10.1. The van der Waals surface area contributed by atoms with E-state index in [2.05, 4.69) is 27.2 Å². The van der Waals surface area contributed by atoms with Crippen LogP contribution >= 0.6 is 0 Å². The molecule has 0 aliphatic rings. The highest BCUT2D eigenvalue weighted by molar-refractivity contribution is 5.94. The minimum atomic E-state index is -0.340. The van der Waals surface area contributed by atoms with Crippen molar-refractivity contribution in [2.75, 3.05) is 5.32 Å². The summed E-state index contributed by atoms with van der Waals surface area (Å²) in [6, 6.07) is 15.0. The lowest BCUT2D eigenvalue weighted by Gasteiger charge is -2.10. The van der Waals surface area contributed by atoms with Gasteiger partial charge >= 0.3 is 6.03 Å². The first kappa shape index (κ1) is 16.4.